The Balaban J connectivity index is 2.50. The second kappa shape index (κ2) is 6.95. The van der Waals surface area contributed by atoms with Crippen LogP contribution in [0.5, 0.6) is 0 Å². The first-order valence-corrected chi connectivity index (χ1v) is 7.82. The molecule has 0 spiro atoms. The van der Waals surface area contributed by atoms with E-state index in [1.165, 1.54) is 11.0 Å². The van der Waals surface area contributed by atoms with E-state index in [0.717, 1.165) is 9.13 Å². The lowest BCUT2D eigenvalue weighted by molar-refractivity contribution is -0.138. The summed E-state index contributed by atoms with van der Waals surface area (Å²) in [5.41, 5.74) is 1.89. The minimum Gasteiger partial charge on any atom is -0.458 e. The number of hydrogen-bond donors (Lipinski definition) is 1. The van der Waals surface area contributed by atoms with E-state index in [1.807, 2.05) is 24.3 Å². The number of ether oxygens (including phenoxy) is 1. The second-order valence-electron chi connectivity index (χ2n) is 4.85. The maximum Gasteiger partial charge on any atom is 0.338 e. The molecule has 2 amide bonds. The first-order valence-electron chi connectivity index (χ1n) is 6.74. The van der Waals surface area contributed by atoms with Crippen LogP contribution in [0, 0.1) is 3.57 Å². The van der Waals surface area contributed by atoms with E-state index in [-0.39, 0.29) is 12.6 Å². The van der Waals surface area contributed by atoms with Crippen LogP contribution in [-0.4, -0.2) is 30.6 Å². The number of nitrogens with zero attached hydrogens (tertiary/aromatic N) is 1. The summed E-state index contributed by atoms with van der Waals surface area (Å²) in [5, 5.41) is 2.86. The van der Waals surface area contributed by atoms with Crippen molar-refractivity contribution in [3.8, 4) is 0 Å². The Morgan fingerprint density at radius 2 is 2.18 bits per heavy atom. The zero-order valence-electron chi connectivity index (χ0n) is 12.4. The number of halogens is 1. The Kier molecular flexibility index (Phi) is 5.23. The molecular weight excluding hydrogens is 395 g/mol. The van der Waals surface area contributed by atoms with Gasteiger partial charge in [-0.3, -0.25) is 0 Å². The smallest absolute Gasteiger partial charge is 0.338 e. The quantitative estimate of drug-likeness (QED) is 0.470. The molecule has 0 fully saturated rings. The van der Waals surface area contributed by atoms with Gasteiger partial charge in [0.2, 0.25) is 0 Å². The number of hydrogen-bond acceptors (Lipinski definition) is 3. The summed E-state index contributed by atoms with van der Waals surface area (Å²) in [5.74, 6) is -0.450. The van der Waals surface area contributed by atoms with Gasteiger partial charge in [0.1, 0.15) is 6.61 Å². The lowest BCUT2D eigenvalue weighted by Gasteiger charge is -2.33. The molecule has 0 saturated heterocycles. The molecule has 1 aliphatic rings. The summed E-state index contributed by atoms with van der Waals surface area (Å²) in [7, 11) is 1.62. The van der Waals surface area contributed by atoms with Crippen molar-refractivity contribution in [1.82, 2.24) is 10.2 Å². The van der Waals surface area contributed by atoms with Crippen molar-refractivity contribution < 1.29 is 14.3 Å². The van der Waals surface area contributed by atoms with Crippen LogP contribution in [0.15, 0.2) is 48.2 Å². The largest absolute Gasteiger partial charge is 0.458 e. The Morgan fingerprint density at radius 1 is 1.50 bits per heavy atom. The van der Waals surface area contributed by atoms with Crippen LogP contribution in [0.3, 0.4) is 0 Å². The van der Waals surface area contributed by atoms with Crippen molar-refractivity contribution in [3.05, 3.63) is 57.3 Å². The van der Waals surface area contributed by atoms with E-state index in [2.05, 4.69) is 34.5 Å². The molecule has 0 unspecified atom stereocenters. The molecule has 0 aliphatic carbocycles. The molecule has 1 N–H and O–H groups in total. The van der Waals surface area contributed by atoms with Crippen molar-refractivity contribution in [2.24, 2.45) is 0 Å². The summed E-state index contributed by atoms with van der Waals surface area (Å²) in [6.45, 7) is 5.41. The summed E-state index contributed by atoms with van der Waals surface area (Å²) in [6.07, 6.45) is 1.51. The topological polar surface area (TPSA) is 58.6 Å². The van der Waals surface area contributed by atoms with Crippen molar-refractivity contribution in [2.45, 2.75) is 13.0 Å². The predicted molar refractivity (Wildman–Crippen MR) is 92.1 cm³/mol. The van der Waals surface area contributed by atoms with E-state index in [4.69, 9.17) is 4.74 Å². The minimum atomic E-state index is -0.519. The molecule has 22 heavy (non-hydrogen) atoms. The molecule has 1 atom stereocenters. The molecule has 1 aromatic rings. The highest BCUT2D eigenvalue weighted by Crippen LogP contribution is 2.32. The zero-order valence-corrected chi connectivity index (χ0v) is 14.6. The number of allylic oxidation sites excluding steroid dienone is 1. The Morgan fingerprint density at radius 3 is 2.82 bits per heavy atom. The Bertz CT molecular complexity index is 655. The number of carbonyl (C=O) groups is 2. The summed E-state index contributed by atoms with van der Waals surface area (Å²) >= 11 is 2.19. The molecule has 2 rings (SSSR count). The molecule has 5 nitrogen and oxygen atoms in total. The van der Waals surface area contributed by atoms with Crippen LogP contribution in [0.25, 0.3) is 0 Å². The number of urea groups is 1. The summed E-state index contributed by atoms with van der Waals surface area (Å²) < 4.78 is 6.15. The molecule has 1 aliphatic heterocycles. The first-order chi connectivity index (χ1) is 10.5. The van der Waals surface area contributed by atoms with E-state index in [0.29, 0.717) is 11.3 Å². The fourth-order valence-electron chi connectivity index (χ4n) is 2.25. The van der Waals surface area contributed by atoms with Gasteiger partial charge >= 0.3 is 12.0 Å². The second-order valence-corrected chi connectivity index (χ2v) is 6.01. The number of benzene rings is 1. The van der Waals surface area contributed by atoms with Crippen LogP contribution in [0.2, 0.25) is 0 Å². The third-order valence-corrected chi connectivity index (χ3v) is 4.50. The van der Waals surface area contributed by atoms with Gasteiger partial charge in [0.05, 0.1) is 11.6 Å². The third kappa shape index (κ3) is 3.16. The molecular formula is C16H17IN2O3. The van der Waals surface area contributed by atoms with Crippen LogP contribution in [0.1, 0.15) is 18.5 Å². The summed E-state index contributed by atoms with van der Waals surface area (Å²) in [6, 6.07) is 6.85. The molecule has 6 heteroatoms. The molecule has 116 valence electrons. The highest BCUT2D eigenvalue weighted by molar-refractivity contribution is 14.1. The van der Waals surface area contributed by atoms with Crippen molar-refractivity contribution in [3.63, 3.8) is 0 Å². The van der Waals surface area contributed by atoms with Crippen LogP contribution >= 0.6 is 22.6 Å². The third-order valence-electron chi connectivity index (χ3n) is 3.52. The van der Waals surface area contributed by atoms with E-state index < -0.39 is 12.0 Å². The van der Waals surface area contributed by atoms with Gasteiger partial charge in [0, 0.05) is 16.3 Å². The minimum absolute atomic E-state index is 0.131. The first kappa shape index (κ1) is 16.5. The molecule has 0 bridgehead atoms. The molecule has 0 radical (unpaired) electrons. The van der Waals surface area contributed by atoms with Gasteiger partial charge in [-0.05, 0) is 41.1 Å². The maximum atomic E-state index is 12.4. The average molecular weight is 412 g/mol. The van der Waals surface area contributed by atoms with Crippen LogP contribution < -0.4 is 5.32 Å². The van der Waals surface area contributed by atoms with Crippen LogP contribution in [-0.2, 0) is 9.53 Å². The summed E-state index contributed by atoms with van der Waals surface area (Å²) in [4.78, 5) is 25.9. The number of amides is 2. The lowest BCUT2D eigenvalue weighted by Crippen LogP contribution is -2.46. The van der Waals surface area contributed by atoms with E-state index in [9.17, 15) is 9.59 Å². The zero-order chi connectivity index (χ0) is 16.3. The highest BCUT2D eigenvalue weighted by atomic mass is 127. The van der Waals surface area contributed by atoms with Crippen molar-refractivity contribution in [2.75, 3.05) is 13.7 Å². The van der Waals surface area contributed by atoms with Crippen molar-refractivity contribution in [1.29, 1.82) is 0 Å². The molecule has 0 aromatic heterocycles. The van der Waals surface area contributed by atoms with Gasteiger partial charge in [-0.2, -0.15) is 0 Å². The molecule has 1 heterocycles. The number of rotatable bonds is 4. The van der Waals surface area contributed by atoms with E-state index in [1.54, 1.807) is 14.0 Å². The standard InChI is InChI=1S/C16H17IN2O3/c1-4-9-22-15(20)13-10(2)19(3)16(21)18-14(13)11-7-5-6-8-12(11)17/h4-8,14H,1,9H2,2-3H3,(H,18,21)/t14-/m1/s1. The normalized spacial score (nSPS) is 18.0. The van der Waals surface area contributed by atoms with Crippen molar-refractivity contribution >= 4 is 34.6 Å². The monoisotopic (exact) mass is 412 g/mol. The van der Waals surface area contributed by atoms with Gasteiger partial charge in [-0.25, -0.2) is 9.59 Å². The predicted octanol–water partition coefficient (Wildman–Crippen LogP) is 2.99. The maximum absolute atomic E-state index is 12.4. The fourth-order valence-corrected chi connectivity index (χ4v) is 2.95. The Labute approximate surface area is 143 Å². The van der Waals surface area contributed by atoms with Gasteiger partial charge in [0.15, 0.2) is 0 Å². The number of esters is 1. The highest BCUT2D eigenvalue weighted by Gasteiger charge is 2.35. The van der Waals surface area contributed by atoms with Gasteiger partial charge in [-0.15, -0.1) is 0 Å². The fraction of sp³-hybridized carbons (Fsp3) is 0.250. The lowest BCUT2D eigenvalue weighted by atomic mass is 9.95. The average Bonchev–Trinajstić information content (AvgIpc) is 2.50. The van der Waals surface area contributed by atoms with E-state index >= 15 is 0 Å². The number of nitrogens with one attached hydrogen (secondary N) is 1. The SMILES string of the molecule is C=CCOC(=O)C1=C(C)N(C)C(=O)N[C@@H]1c1ccccc1I. The van der Waals surface area contributed by atoms with Gasteiger partial charge in [-0.1, -0.05) is 30.9 Å². The van der Waals surface area contributed by atoms with Crippen LogP contribution in [0.4, 0.5) is 4.79 Å². The molecule has 0 saturated carbocycles. The van der Waals surface area contributed by atoms with Gasteiger partial charge in [0.25, 0.3) is 0 Å². The van der Waals surface area contributed by atoms with Gasteiger partial charge < -0.3 is 15.0 Å². The molecule has 1 aromatic carbocycles. The Hall–Kier alpha value is -1.83. The number of carbonyl (C=O) groups excluding carboxylic acids is 2.